The zero-order valence-corrected chi connectivity index (χ0v) is 12.4. The lowest BCUT2D eigenvalue weighted by Crippen LogP contribution is -2.30. The van der Waals surface area contributed by atoms with Crippen molar-refractivity contribution in [3.8, 4) is 5.88 Å². The Hall–Kier alpha value is -2.89. The monoisotopic (exact) mass is 309 g/mol. The van der Waals surface area contributed by atoms with Crippen LogP contribution in [0.15, 0.2) is 53.3 Å². The maximum Gasteiger partial charge on any atom is 0.289 e. The van der Waals surface area contributed by atoms with E-state index in [1.807, 2.05) is 24.3 Å². The van der Waals surface area contributed by atoms with Crippen molar-refractivity contribution in [1.29, 1.82) is 0 Å². The van der Waals surface area contributed by atoms with E-state index in [-0.39, 0.29) is 12.0 Å². The average Bonchev–Trinajstić information content (AvgIpc) is 3.21. The van der Waals surface area contributed by atoms with Gasteiger partial charge in [-0.1, -0.05) is 18.2 Å². The lowest BCUT2D eigenvalue weighted by molar-refractivity contribution is 0.0742. The molecular formula is C17H15N3O3. The first-order chi connectivity index (χ1) is 11.3. The average molecular weight is 309 g/mol. The summed E-state index contributed by atoms with van der Waals surface area (Å²) in [5, 5.41) is 0.933. The molecule has 0 N–H and O–H groups in total. The lowest BCUT2D eigenvalue weighted by atomic mass is 10.2. The molecule has 23 heavy (non-hydrogen) atoms. The number of hydrogen-bond donors (Lipinski definition) is 0. The highest BCUT2D eigenvalue weighted by molar-refractivity contribution is 5.96. The minimum absolute atomic E-state index is 0.0694. The van der Waals surface area contributed by atoms with Gasteiger partial charge in [0.1, 0.15) is 11.7 Å². The molecule has 3 aromatic rings. The molecule has 0 saturated carbocycles. The third-order valence-corrected chi connectivity index (χ3v) is 3.90. The molecule has 0 aliphatic carbocycles. The summed E-state index contributed by atoms with van der Waals surface area (Å²) in [7, 11) is 0. The van der Waals surface area contributed by atoms with E-state index in [0.717, 1.165) is 17.4 Å². The Labute approximate surface area is 132 Å². The predicted molar refractivity (Wildman–Crippen MR) is 83.2 cm³/mol. The molecule has 0 bridgehead atoms. The SMILES string of the molecule is O=C(c1cc2ccccc2o1)N1CC[C@H](Oc2cnccn2)C1. The molecule has 4 rings (SSSR count). The molecule has 1 amide bonds. The summed E-state index contributed by atoms with van der Waals surface area (Å²) in [4.78, 5) is 22.4. The normalized spacial score (nSPS) is 17.6. The zero-order chi connectivity index (χ0) is 15.6. The van der Waals surface area contributed by atoms with Crippen molar-refractivity contribution in [2.45, 2.75) is 12.5 Å². The molecule has 3 heterocycles. The summed E-state index contributed by atoms with van der Waals surface area (Å²) >= 11 is 0. The van der Waals surface area contributed by atoms with Gasteiger partial charge >= 0.3 is 0 Å². The van der Waals surface area contributed by atoms with Gasteiger partial charge in [-0.15, -0.1) is 0 Å². The van der Waals surface area contributed by atoms with E-state index in [9.17, 15) is 4.79 Å². The number of hydrogen-bond acceptors (Lipinski definition) is 5. The van der Waals surface area contributed by atoms with Gasteiger partial charge in [-0.05, 0) is 12.1 Å². The quantitative estimate of drug-likeness (QED) is 0.743. The van der Waals surface area contributed by atoms with Crippen LogP contribution < -0.4 is 4.74 Å². The van der Waals surface area contributed by atoms with E-state index in [4.69, 9.17) is 9.15 Å². The number of rotatable bonds is 3. The van der Waals surface area contributed by atoms with Crippen LogP contribution in [0.3, 0.4) is 0 Å². The van der Waals surface area contributed by atoms with Crippen LogP contribution in [0.5, 0.6) is 5.88 Å². The second-order valence-corrected chi connectivity index (χ2v) is 5.47. The molecule has 1 saturated heterocycles. The fraction of sp³-hybridized carbons (Fsp3) is 0.235. The zero-order valence-electron chi connectivity index (χ0n) is 12.4. The maximum atomic E-state index is 12.6. The minimum atomic E-state index is -0.105. The van der Waals surface area contributed by atoms with Crippen molar-refractivity contribution >= 4 is 16.9 Å². The van der Waals surface area contributed by atoms with Gasteiger partial charge in [0.25, 0.3) is 5.91 Å². The third kappa shape index (κ3) is 2.75. The summed E-state index contributed by atoms with van der Waals surface area (Å²) in [6, 6.07) is 9.39. The first kappa shape index (κ1) is 13.8. The molecule has 6 nitrogen and oxygen atoms in total. The van der Waals surface area contributed by atoms with Gasteiger partial charge in [0.15, 0.2) is 5.76 Å². The number of carbonyl (C=O) groups excluding carboxylic acids is 1. The summed E-state index contributed by atoms with van der Waals surface area (Å²) in [5.41, 5.74) is 0.724. The van der Waals surface area contributed by atoms with E-state index in [2.05, 4.69) is 9.97 Å². The molecule has 116 valence electrons. The van der Waals surface area contributed by atoms with Gasteiger partial charge in [0.2, 0.25) is 5.88 Å². The second-order valence-electron chi connectivity index (χ2n) is 5.47. The van der Waals surface area contributed by atoms with Crippen molar-refractivity contribution < 1.29 is 13.9 Å². The highest BCUT2D eigenvalue weighted by atomic mass is 16.5. The Kier molecular flexibility index (Phi) is 3.42. The Morgan fingerprint density at radius 3 is 3.04 bits per heavy atom. The number of benzene rings is 1. The smallest absolute Gasteiger partial charge is 0.289 e. The van der Waals surface area contributed by atoms with Crippen LogP contribution in [0.1, 0.15) is 17.0 Å². The Morgan fingerprint density at radius 1 is 1.30 bits per heavy atom. The minimum Gasteiger partial charge on any atom is -0.471 e. The Bertz CT molecular complexity index is 798. The molecule has 0 radical (unpaired) electrons. The fourth-order valence-electron chi connectivity index (χ4n) is 2.77. The Balaban J connectivity index is 1.45. The second kappa shape index (κ2) is 5.72. The van der Waals surface area contributed by atoms with E-state index in [1.54, 1.807) is 29.6 Å². The first-order valence-electron chi connectivity index (χ1n) is 7.50. The van der Waals surface area contributed by atoms with Gasteiger partial charge in [-0.2, -0.15) is 0 Å². The van der Waals surface area contributed by atoms with Crippen LogP contribution in [-0.4, -0.2) is 40.0 Å². The van der Waals surface area contributed by atoms with Crippen molar-refractivity contribution in [2.24, 2.45) is 0 Å². The number of carbonyl (C=O) groups is 1. The van der Waals surface area contributed by atoms with Gasteiger partial charge in [-0.3, -0.25) is 9.78 Å². The van der Waals surface area contributed by atoms with Crippen LogP contribution in [0.4, 0.5) is 0 Å². The molecule has 1 aliphatic rings. The van der Waals surface area contributed by atoms with E-state index in [0.29, 0.717) is 24.7 Å². The van der Waals surface area contributed by atoms with Crippen LogP contribution in [0.25, 0.3) is 11.0 Å². The van der Waals surface area contributed by atoms with E-state index in [1.165, 1.54) is 0 Å². The van der Waals surface area contributed by atoms with Gasteiger partial charge in [0.05, 0.1) is 12.7 Å². The maximum absolute atomic E-state index is 12.6. The number of amides is 1. The summed E-state index contributed by atoms with van der Waals surface area (Å²) in [6.45, 7) is 1.16. The van der Waals surface area contributed by atoms with Crippen molar-refractivity contribution in [1.82, 2.24) is 14.9 Å². The lowest BCUT2D eigenvalue weighted by Gasteiger charge is -2.15. The number of furan rings is 1. The Morgan fingerprint density at radius 2 is 2.22 bits per heavy atom. The van der Waals surface area contributed by atoms with E-state index >= 15 is 0 Å². The van der Waals surface area contributed by atoms with Gasteiger partial charge < -0.3 is 14.1 Å². The van der Waals surface area contributed by atoms with Crippen LogP contribution >= 0.6 is 0 Å². The number of aromatic nitrogens is 2. The predicted octanol–water partition coefficient (Wildman–Crippen LogP) is 2.52. The molecule has 1 aromatic carbocycles. The van der Waals surface area contributed by atoms with Crippen molar-refractivity contribution in [2.75, 3.05) is 13.1 Å². The highest BCUT2D eigenvalue weighted by Gasteiger charge is 2.30. The third-order valence-electron chi connectivity index (χ3n) is 3.90. The van der Waals surface area contributed by atoms with Crippen LogP contribution in [0.2, 0.25) is 0 Å². The van der Waals surface area contributed by atoms with Crippen LogP contribution in [0, 0.1) is 0 Å². The first-order valence-corrected chi connectivity index (χ1v) is 7.50. The van der Waals surface area contributed by atoms with Crippen molar-refractivity contribution in [3.63, 3.8) is 0 Å². The fourth-order valence-corrected chi connectivity index (χ4v) is 2.77. The van der Waals surface area contributed by atoms with Gasteiger partial charge in [0, 0.05) is 30.7 Å². The molecule has 0 spiro atoms. The standard InChI is InChI=1S/C17H15N3O3/c21-17(15-9-12-3-1-2-4-14(12)23-15)20-8-5-13(11-20)22-16-10-18-6-7-19-16/h1-4,6-7,9-10,13H,5,8,11H2/t13-/m0/s1. The summed E-state index contributed by atoms with van der Waals surface area (Å²) < 4.78 is 11.4. The topological polar surface area (TPSA) is 68.5 Å². The largest absolute Gasteiger partial charge is 0.471 e. The number of ether oxygens (including phenoxy) is 1. The molecule has 0 unspecified atom stereocenters. The molecule has 2 aromatic heterocycles. The number of likely N-dealkylation sites (tertiary alicyclic amines) is 1. The number of para-hydroxylation sites is 1. The summed E-state index contributed by atoms with van der Waals surface area (Å²) in [5.74, 6) is 0.744. The summed E-state index contributed by atoms with van der Waals surface area (Å²) in [6.07, 6.45) is 5.45. The highest BCUT2D eigenvalue weighted by Crippen LogP contribution is 2.22. The molecule has 1 atom stereocenters. The molecule has 1 aliphatic heterocycles. The molecular weight excluding hydrogens is 294 g/mol. The molecule has 6 heteroatoms. The van der Waals surface area contributed by atoms with E-state index < -0.39 is 0 Å². The number of nitrogens with zero attached hydrogens (tertiary/aromatic N) is 3. The number of fused-ring (bicyclic) bond motifs is 1. The molecule has 1 fully saturated rings. The van der Waals surface area contributed by atoms with Gasteiger partial charge in [-0.25, -0.2) is 4.98 Å². The van der Waals surface area contributed by atoms with Crippen molar-refractivity contribution in [3.05, 3.63) is 54.7 Å². The van der Waals surface area contributed by atoms with Crippen LogP contribution in [-0.2, 0) is 0 Å².